The summed E-state index contributed by atoms with van der Waals surface area (Å²) in [7, 11) is -2.73. The predicted molar refractivity (Wildman–Crippen MR) is 145 cm³/mol. The summed E-state index contributed by atoms with van der Waals surface area (Å²) in [6.07, 6.45) is 2.71. The van der Waals surface area contributed by atoms with Gasteiger partial charge in [0.05, 0.1) is 6.04 Å². The highest BCUT2D eigenvalue weighted by Crippen LogP contribution is 2.20. The van der Waals surface area contributed by atoms with Crippen molar-refractivity contribution in [3.05, 3.63) is 96.1 Å². The Morgan fingerprint density at radius 2 is 1.65 bits per heavy atom. The van der Waals surface area contributed by atoms with Gasteiger partial charge in [-0.05, 0) is 68.5 Å². The number of nitrogens with one attached hydrogen (secondary N) is 2. The number of hydrogen-bond acceptors (Lipinski definition) is 5. The van der Waals surface area contributed by atoms with Crippen LogP contribution in [0.15, 0.2) is 89.8 Å². The molecule has 0 aromatic heterocycles. The number of nitrogens with zero attached hydrogens (tertiary/aromatic N) is 2. The maximum absolute atomic E-state index is 13.2. The highest BCUT2D eigenvalue weighted by molar-refractivity contribution is 7.86. The van der Waals surface area contributed by atoms with Crippen LogP contribution in [0.4, 0.5) is 14.4 Å². The molecular formula is C27H30BFN4O3S. The van der Waals surface area contributed by atoms with Crippen LogP contribution in [0.1, 0.15) is 17.2 Å². The van der Waals surface area contributed by atoms with Gasteiger partial charge in [-0.2, -0.15) is 8.42 Å². The van der Waals surface area contributed by atoms with Crippen LogP contribution < -0.4 is 10.6 Å². The number of carbonyl (C=O) groups excluding carboxylic acids is 1. The molecule has 37 heavy (non-hydrogen) atoms. The van der Waals surface area contributed by atoms with E-state index in [1.165, 1.54) is 12.1 Å². The van der Waals surface area contributed by atoms with Crippen LogP contribution in [0.2, 0.25) is 12.6 Å². The maximum atomic E-state index is 13.2. The second-order valence-corrected chi connectivity index (χ2v) is 10.3. The first kappa shape index (κ1) is 27.9. The molecule has 10 heteroatoms. The lowest BCUT2D eigenvalue weighted by molar-refractivity contribution is 0.248. The number of anilines is 1. The minimum Gasteiger partial charge on any atom is -0.331 e. The molecule has 2 amide bonds. The molecule has 2 N–H and O–H groups in total. The number of carbonyl (C=O) groups is 1. The molecule has 1 aliphatic rings. The Morgan fingerprint density at radius 1 is 1.03 bits per heavy atom. The highest BCUT2D eigenvalue weighted by Gasteiger charge is 2.19. The standard InChI is InChI=1S/C21H19FN2O3S.C6H11BN2/c22-28(26,27)19-13-7-12-18(15-19)23-21(25)24-20(17-10-5-2-6-11-17)14-16-8-3-1-4-9-16;1-9-4-2-7(6-8)3-5-9/h1-13,15,20H,14H2,(H2,23,24,25);2-5H2,1H3. The SMILES string of the molecule is CN1CCB(C#N)CC1.O=C(Nc1cccc(S(=O)(=O)F)c1)NC(Cc1ccccc1)c1ccccc1. The van der Waals surface area contributed by atoms with Crippen molar-refractivity contribution in [3.8, 4) is 5.97 Å². The van der Waals surface area contributed by atoms with Crippen molar-refractivity contribution in [3.63, 3.8) is 0 Å². The third kappa shape index (κ3) is 9.37. The van der Waals surface area contributed by atoms with Crippen LogP contribution in [-0.2, 0) is 16.6 Å². The summed E-state index contributed by atoms with van der Waals surface area (Å²) < 4.78 is 35.2. The highest BCUT2D eigenvalue weighted by atomic mass is 32.3. The molecule has 3 aromatic carbocycles. The van der Waals surface area contributed by atoms with Gasteiger partial charge in [0.15, 0.2) is 0 Å². The number of amides is 2. The Bertz CT molecular complexity index is 1300. The van der Waals surface area contributed by atoms with E-state index in [2.05, 4.69) is 28.5 Å². The molecule has 0 spiro atoms. The van der Waals surface area contributed by atoms with Gasteiger partial charge in [-0.3, -0.25) is 0 Å². The Hall–Kier alpha value is -3.68. The average molecular weight is 520 g/mol. The van der Waals surface area contributed by atoms with E-state index in [4.69, 9.17) is 5.26 Å². The van der Waals surface area contributed by atoms with Crippen molar-refractivity contribution >= 4 is 28.7 Å². The van der Waals surface area contributed by atoms with E-state index >= 15 is 0 Å². The molecule has 0 radical (unpaired) electrons. The molecule has 0 bridgehead atoms. The van der Waals surface area contributed by atoms with E-state index in [0.29, 0.717) is 13.1 Å². The molecule has 1 heterocycles. The van der Waals surface area contributed by atoms with Gasteiger partial charge in [0, 0.05) is 11.7 Å². The van der Waals surface area contributed by atoms with E-state index in [9.17, 15) is 17.1 Å². The van der Waals surface area contributed by atoms with Crippen molar-refractivity contribution in [1.82, 2.24) is 10.2 Å². The summed E-state index contributed by atoms with van der Waals surface area (Å²) >= 11 is 0. The van der Waals surface area contributed by atoms with Gasteiger partial charge in [-0.1, -0.05) is 66.7 Å². The van der Waals surface area contributed by atoms with Gasteiger partial charge in [-0.15, -0.1) is 3.89 Å². The fourth-order valence-corrected chi connectivity index (χ4v) is 4.48. The first-order chi connectivity index (χ1) is 17.7. The van der Waals surface area contributed by atoms with E-state index in [0.717, 1.165) is 49.0 Å². The molecule has 0 aliphatic carbocycles. The molecular weight excluding hydrogens is 490 g/mol. The van der Waals surface area contributed by atoms with Crippen LogP contribution in [-0.4, -0.2) is 46.2 Å². The molecule has 1 saturated heterocycles. The zero-order valence-electron chi connectivity index (χ0n) is 20.7. The van der Waals surface area contributed by atoms with E-state index in [1.807, 2.05) is 60.7 Å². The van der Waals surface area contributed by atoms with Crippen molar-refractivity contribution in [2.24, 2.45) is 0 Å². The first-order valence-corrected chi connectivity index (χ1v) is 13.4. The quantitative estimate of drug-likeness (QED) is 0.354. The lowest BCUT2D eigenvalue weighted by atomic mass is 9.45. The summed E-state index contributed by atoms with van der Waals surface area (Å²) in [4.78, 5) is 14.2. The van der Waals surface area contributed by atoms with E-state index in [-0.39, 0.29) is 11.7 Å². The Morgan fingerprint density at radius 3 is 2.24 bits per heavy atom. The Balaban J connectivity index is 0.000000356. The van der Waals surface area contributed by atoms with Crippen LogP contribution in [0.25, 0.3) is 0 Å². The smallest absolute Gasteiger partial charge is 0.331 e. The molecule has 1 unspecified atom stereocenters. The van der Waals surface area contributed by atoms with Crippen LogP contribution in [0, 0.1) is 11.2 Å². The monoisotopic (exact) mass is 520 g/mol. The number of hydrogen-bond donors (Lipinski definition) is 2. The minimum absolute atomic E-state index is 0.183. The van der Waals surface area contributed by atoms with Crippen LogP contribution in [0.5, 0.6) is 0 Å². The van der Waals surface area contributed by atoms with Crippen molar-refractivity contribution in [1.29, 1.82) is 5.26 Å². The second-order valence-electron chi connectivity index (χ2n) is 8.92. The van der Waals surface area contributed by atoms with Gasteiger partial charge in [-0.25, -0.2) is 10.1 Å². The van der Waals surface area contributed by atoms with Crippen molar-refractivity contribution < 1.29 is 17.1 Å². The molecule has 3 aromatic rings. The summed E-state index contributed by atoms with van der Waals surface area (Å²) in [6, 6.07) is 23.5. The summed E-state index contributed by atoms with van der Waals surface area (Å²) in [5.41, 5.74) is 2.17. The maximum Gasteiger partial charge on any atom is 0.332 e. The number of rotatable bonds is 6. The molecule has 192 valence electrons. The van der Waals surface area contributed by atoms with E-state index < -0.39 is 21.1 Å². The molecule has 1 aliphatic heterocycles. The number of benzene rings is 3. The lowest BCUT2D eigenvalue weighted by Crippen LogP contribution is -2.33. The number of urea groups is 1. The zero-order valence-corrected chi connectivity index (χ0v) is 21.5. The molecule has 1 atom stereocenters. The largest absolute Gasteiger partial charge is 0.332 e. The van der Waals surface area contributed by atoms with Gasteiger partial charge < -0.3 is 15.5 Å². The van der Waals surface area contributed by atoms with Gasteiger partial charge in [0.2, 0.25) is 0 Å². The topological polar surface area (TPSA) is 102 Å². The second kappa shape index (κ2) is 13.6. The third-order valence-corrected chi connectivity index (χ3v) is 6.88. The van der Waals surface area contributed by atoms with Gasteiger partial charge in [0.25, 0.3) is 6.71 Å². The fourth-order valence-electron chi connectivity index (χ4n) is 3.98. The first-order valence-electron chi connectivity index (χ1n) is 12.0. The Kier molecular flexibility index (Phi) is 10.2. The van der Waals surface area contributed by atoms with Crippen LogP contribution >= 0.6 is 0 Å². The average Bonchev–Trinajstić information content (AvgIpc) is 2.90. The third-order valence-electron chi connectivity index (χ3n) is 6.06. The Labute approximate surface area is 218 Å². The summed E-state index contributed by atoms with van der Waals surface area (Å²) in [6.45, 7) is 2.53. The zero-order chi connectivity index (χ0) is 26.7. The van der Waals surface area contributed by atoms with Gasteiger partial charge >= 0.3 is 16.3 Å². The predicted octanol–water partition coefficient (Wildman–Crippen LogP) is 4.94. The number of halogens is 1. The van der Waals surface area contributed by atoms with Crippen molar-refractivity contribution in [2.45, 2.75) is 30.0 Å². The molecule has 7 nitrogen and oxygen atoms in total. The molecule has 0 saturated carbocycles. The molecule has 4 rings (SSSR count). The minimum atomic E-state index is -4.84. The molecule has 1 fully saturated rings. The van der Waals surface area contributed by atoms with Crippen LogP contribution in [0.3, 0.4) is 0 Å². The normalized spacial score (nSPS) is 14.5. The summed E-state index contributed by atoms with van der Waals surface area (Å²) in [5, 5.41) is 14.0. The number of nitriles is 1. The van der Waals surface area contributed by atoms with Crippen molar-refractivity contribution in [2.75, 3.05) is 25.5 Å². The summed E-state index contributed by atoms with van der Waals surface area (Å²) in [5.74, 6) is 2.30. The lowest BCUT2D eigenvalue weighted by Gasteiger charge is -2.22. The van der Waals surface area contributed by atoms with E-state index in [1.54, 1.807) is 0 Å². The fraction of sp³-hybridized carbons (Fsp3) is 0.259. The van der Waals surface area contributed by atoms with Gasteiger partial charge in [0.1, 0.15) is 4.90 Å².